The summed E-state index contributed by atoms with van der Waals surface area (Å²) in [6.45, 7) is 3.55. The van der Waals surface area contributed by atoms with E-state index in [1.165, 1.54) is 11.1 Å². The lowest BCUT2D eigenvalue weighted by Crippen LogP contribution is -2.17. The molecule has 0 aliphatic carbocycles. The van der Waals surface area contributed by atoms with Gasteiger partial charge in [-0.25, -0.2) is 0 Å². The minimum Gasteiger partial charge on any atom is -0.486 e. The Morgan fingerprint density at radius 3 is 2.76 bits per heavy atom. The lowest BCUT2D eigenvalue weighted by Gasteiger charge is -2.23. The van der Waals surface area contributed by atoms with E-state index in [4.69, 9.17) is 14.6 Å². The number of rotatable bonds is 4. The Bertz CT molecular complexity index is 404. The first kappa shape index (κ1) is 12.7. The summed E-state index contributed by atoms with van der Waals surface area (Å²) >= 11 is 3.58. The summed E-state index contributed by atoms with van der Waals surface area (Å²) in [4.78, 5) is 0. The molecule has 0 spiro atoms. The first-order chi connectivity index (χ1) is 8.27. The van der Waals surface area contributed by atoms with Crippen molar-refractivity contribution >= 4 is 15.9 Å². The molecule has 0 amide bonds. The van der Waals surface area contributed by atoms with Crippen LogP contribution in [0.15, 0.2) is 10.5 Å². The highest BCUT2D eigenvalue weighted by atomic mass is 79.9. The van der Waals surface area contributed by atoms with E-state index in [2.05, 4.69) is 22.9 Å². The Morgan fingerprint density at radius 2 is 2.06 bits per heavy atom. The van der Waals surface area contributed by atoms with Crippen molar-refractivity contribution in [3.63, 3.8) is 0 Å². The van der Waals surface area contributed by atoms with Crippen LogP contribution in [-0.4, -0.2) is 24.9 Å². The molecule has 17 heavy (non-hydrogen) atoms. The normalized spacial score (nSPS) is 13.8. The average Bonchev–Trinajstić information content (AvgIpc) is 2.35. The van der Waals surface area contributed by atoms with Crippen LogP contribution in [0.5, 0.6) is 11.5 Å². The van der Waals surface area contributed by atoms with E-state index in [1.807, 2.05) is 6.07 Å². The molecule has 0 bridgehead atoms. The van der Waals surface area contributed by atoms with Crippen LogP contribution in [0, 0.1) is 0 Å². The number of benzene rings is 1. The molecule has 1 aliphatic rings. The Kier molecular flexibility index (Phi) is 4.29. The summed E-state index contributed by atoms with van der Waals surface area (Å²) in [5.41, 5.74) is 2.42. The molecule has 0 atom stereocenters. The third-order valence-electron chi connectivity index (χ3n) is 2.93. The number of halogens is 1. The van der Waals surface area contributed by atoms with E-state index < -0.39 is 0 Å². The molecule has 0 radical (unpaired) electrons. The molecule has 1 aromatic carbocycles. The second-order valence-electron chi connectivity index (χ2n) is 4.02. The van der Waals surface area contributed by atoms with E-state index in [0.717, 1.165) is 35.2 Å². The second kappa shape index (κ2) is 5.74. The predicted octanol–water partition coefficient (Wildman–Crippen LogP) is 2.71. The molecule has 1 N–H and O–H groups in total. The van der Waals surface area contributed by atoms with Crippen LogP contribution in [-0.2, 0) is 12.8 Å². The molecule has 4 heteroatoms. The van der Waals surface area contributed by atoms with Crippen molar-refractivity contribution < 1.29 is 14.6 Å². The standard InChI is InChI=1S/C13H17BrO3/c1-2-9-10(4-3-5-15)11(14)8-12-13(9)17-7-6-16-12/h8,15H,2-7H2,1H3. The van der Waals surface area contributed by atoms with Crippen LogP contribution in [0.4, 0.5) is 0 Å². The molecule has 1 aliphatic heterocycles. The number of aliphatic hydroxyl groups is 1. The van der Waals surface area contributed by atoms with Crippen LogP contribution in [0.25, 0.3) is 0 Å². The van der Waals surface area contributed by atoms with Crippen LogP contribution in [0.2, 0.25) is 0 Å². The smallest absolute Gasteiger partial charge is 0.164 e. The highest BCUT2D eigenvalue weighted by Crippen LogP contribution is 2.40. The topological polar surface area (TPSA) is 38.7 Å². The van der Waals surface area contributed by atoms with Gasteiger partial charge in [0.25, 0.3) is 0 Å². The Hall–Kier alpha value is -0.740. The summed E-state index contributed by atoms with van der Waals surface area (Å²) in [5, 5.41) is 8.95. The summed E-state index contributed by atoms with van der Waals surface area (Å²) in [6, 6.07) is 1.97. The summed E-state index contributed by atoms with van der Waals surface area (Å²) in [6.07, 6.45) is 2.54. The van der Waals surface area contributed by atoms with Crippen molar-refractivity contribution in [2.24, 2.45) is 0 Å². The van der Waals surface area contributed by atoms with Gasteiger partial charge in [-0.1, -0.05) is 22.9 Å². The molecule has 0 aromatic heterocycles. The number of hydrogen-bond donors (Lipinski definition) is 1. The number of hydrogen-bond acceptors (Lipinski definition) is 3. The van der Waals surface area contributed by atoms with E-state index >= 15 is 0 Å². The third kappa shape index (κ3) is 2.58. The first-order valence-corrected chi connectivity index (χ1v) is 6.78. The minimum atomic E-state index is 0.212. The Labute approximate surface area is 110 Å². The van der Waals surface area contributed by atoms with Crippen molar-refractivity contribution in [2.45, 2.75) is 26.2 Å². The number of aliphatic hydroxyl groups excluding tert-OH is 1. The van der Waals surface area contributed by atoms with Crippen LogP contribution in [0.3, 0.4) is 0 Å². The van der Waals surface area contributed by atoms with E-state index in [-0.39, 0.29) is 6.61 Å². The first-order valence-electron chi connectivity index (χ1n) is 5.98. The molecule has 0 unspecified atom stereocenters. The van der Waals surface area contributed by atoms with Gasteiger partial charge in [-0.05, 0) is 30.9 Å². The fourth-order valence-corrected chi connectivity index (χ4v) is 2.80. The maximum absolute atomic E-state index is 8.95. The van der Waals surface area contributed by atoms with Gasteiger partial charge < -0.3 is 14.6 Å². The molecule has 94 valence electrons. The third-order valence-corrected chi connectivity index (χ3v) is 3.64. The van der Waals surface area contributed by atoms with Gasteiger partial charge in [-0.2, -0.15) is 0 Å². The highest BCUT2D eigenvalue weighted by Gasteiger charge is 2.20. The molecule has 0 saturated heterocycles. The van der Waals surface area contributed by atoms with Gasteiger partial charge >= 0.3 is 0 Å². The second-order valence-corrected chi connectivity index (χ2v) is 4.87. The van der Waals surface area contributed by atoms with Gasteiger partial charge in [0.2, 0.25) is 0 Å². The van der Waals surface area contributed by atoms with Crippen molar-refractivity contribution in [1.82, 2.24) is 0 Å². The fourth-order valence-electron chi connectivity index (χ4n) is 2.16. The lowest BCUT2D eigenvalue weighted by molar-refractivity contribution is 0.169. The van der Waals surface area contributed by atoms with Gasteiger partial charge in [0.15, 0.2) is 11.5 Å². The maximum Gasteiger partial charge on any atom is 0.164 e. The summed E-state index contributed by atoms with van der Waals surface area (Å²) in [7, 11) is 0. The molecule has 0 saturated carbocycles. The molecule has 3 nitrogen and oxygen atoms in total. The minimum absolute atomic E-state index is 0.212. The molecule has 1 heterocycles. The monoisotopic (exact) mass is 300 g/mol. The van der Waals surface area contributed by atoms with Crippen molar-refractivity contribution in [2.75, 3.05) is 19.8 Å². The molecular weight excluding hydrogens is 284 g/mol. The van der Waals surface area contributed by atoms with Gasteiger partial charge in [0, 0.05) is 16.6 Å². The highest BCUT2D eigenvalue weighted by molar-refractivity contribution is 9.10. The molecule has 1 aromatic rings. The van der Waals surface area contributed by atoms with E-state index in [0.29, 0.717) is 13.2 Å². The van der Waals surface area contributed by atoms with Crippen molar-refractivity contribution in [3.8, 4) is 11.5 Å². The zero-order chi connectivity index (χ0) is 12.3. The van der Waals surface area contributed by atoms with Crippen LogP contribution in [0.1, 0.15) is 24.5 Å². The Morgan fingerprint density at radius 1 is 1.29 bits per heavy atom. The molecular formula is C13H17BrO3. The summed E-state index contributed by atoms with van der Waals surface area (Å²) in [5.74, 6) is 1.71. The average molecular weight is 301 g/mol. The number of ether oxygens (including phenoxy) is 2. The molecule has 0 fully saturated rings. The number of fused-ring (bicyclic) bond motifs is 1. The predicted molar refractivity (Wildman–Crippen MR) is 69.9 cm³/mol. The van der Waals surface area contributed by atoms with Gasteiger partial charge in [-0.15, -0.1) is 0 Å². The van der Waals surface area contributed by atoms with Crippen LogP contribution < -0.4 is 9.47 Å². The maximum atomic E-state index is 8.95. The zero-order valence-corrected chi connectivity index (χ0v) is 11.5. The Balaban J connectivity index is 2.43. The quantitative estimate of drug-likeness (QED) is 0.929. The van der Waals surface area contributed by atoms with E-state index in [1.54, 1.807) is 0 Å². The SMILES string of the molecule is CCc1c(CCCO)c(Br)cc2c1OCCO2. The van der Waals surface area contributed by atoms with Gasteiger partial charge in [0.05, 0.1) is 0 Å². The largest absolute Gasteiger partial charge is 0.486 e. The van der Waals surface area contributed by atoms with E-state index in [9.17, 15) is 0 Å². The van der Waals surface area contributed by atoms with Gasteiger partial charge in [-0.3, -0.25) is 0 Å². The molecule has 2 rings (SSSR count). The van der Waals surface area contributed by atoms with Crippen molar-refractivity contribution in [3.05, 3.63) is 21.7 Å². The van der Waals surface area contributed by atoms with Crippen molar-refractivity contribution in [1.29, 1.82) is 0 Å². The zero-order valence-electron chi connectivity index (χ0n) is 9.96. The van der Waals surface area contributed by atoms with Gasteiger partial charge in [0.1, 0.15) is 13.2 Å². The lowest BCUT2D eigenvalue weighted by atomic mass is 9.99. The fraction of sp³-hybridized carbons (Fsp3) is 0.538. The van der Waals surface area contributed by atoms with Crippen LogP contribution >= 0.6 is 15.9 Å². The summed E-state index contributed by atoms with van der Waals surface area (Å²) < 4.78 is 12.4.